The maximum Gasteiger partial charge on any atom is 0.160 e. The molecule has 0 amide bonds. The first-order valence-corrected chi connectivity index (χ1v) is 7.88. The van der Waals surface area contributed by atoms with Gasteiger partial charge in [-0.25, -0.2) is 14.6 Å². The van der Waals surface area contributed by atoms with Gasteiger partial charge in [0.1, 0.15) is 17.3 Å². The summed E-state index contributed by atoms with van der Waals surface area (Å²) in [6, 6.07) is 2.12. The van der Waals surface area contributed by atoms with Gasteiger partial charge in [0.05, 0.1) is 18.8 Å². The molecular formula is C15H20N8. The number of fused-ring (bicyclic) bond motifs is 1. The lowest BCUT2D eigenvalue weighted by atomic mass is 10.3. The summed E-state index contributed by atoms with van der Waals surface area (Å²) in [5.74, 6) is 2.65. The number of hydrogen-bond acceptors (Lipinski definition) is 5. The van der Waals surface area contributed by atoms with E-state index in [0.29, 0.717) is 0 Å². The van der Waals surface area contributed by atoms with E-state index < -0.39 is 0 Å². The van der Waals surface area contributed by atoms with Crippen LogP contribution in [0.3, 0.4) is 0 Å². The molecule has 0 aliphatic carbocycles. The van der Waals surface area contributed by atoms with Gasteiger partial charge in [0.2, 0.25) is 0 Å². The Balaban J connectivity index is 1.56. The van der Waals surface area contributed by atoms with Gasteiger partial charge in [-0.05, 0) is 19.9 Å². The summed E-state index contributed by atoms with van der Waals surface area (Å²) in [5, 5.41) is 12.5. The van der Waals surface area contributed by atoms with Crippen LogP contribution in [0.2, 0.25) is 0 Å². The van der Waals surface area contributed by atoms with Crippen LogP contribution in [0.5, 0.6) is 0 Å². The fraction of sp³-hybridized carbons (Fsp3) is 0.467. The Labute approximate surface area is 134 Å². The highest BCUT2D eigenvalue weighted by molar-refractivity contribution is 5.50. The SMILES string of the molecule is Cc1nc(C)n(CCn2ccnc2-c2cc3n(n2)CCNC3)n1. The Morgan fingerprint density at radius 3 is 2.91 bits per heavy atom. The number of rotatable bonds is 4. The van der Waals surface area contributed by atoms with Crippen LogP contribution < -0.4 is 5.32 Å². The minimum absolute atomic E-state index is 0.769. The Bertz CT molecular complexity index is 801. The van der Waals surface area contributed by atoms with Crippen LogP contribution in [0, 0.1) is 13.8 Å². The maximum atomic E-state index is 4.69. The summed E-state index contributed by atoms with van der Waals surface area (Å²) in [7, 11) is 0. The van der Waals surface area contributed by atoms with E-state index in [1.54, 1.807) is 0 Å². The second-order valence-corrected chi connectivity index (χ2v) is 5.79. The molecule has 0 aromatic carbocycles. The largest absolute Gasteiger partial charge is 0.328 e. The molecule has 1 aliphatic heterocycles. The average molecular weight is 312 g/mol. The molecule has 8 heteroatoms. The Morgan fingerprint density at radius 2 is 2.13 bits per heavy atom. The Morgan fingerprint density at radius 1 is 1.22 bits per heavy atom. The van der Waals surface area contributed by atoms with Crippen molar-refractivity contribution in [3.05, 3.63) is 35.8 Å². The zero-order chi connectivity index (χ0) is 15.8. The molecular weight excluding hydrogens is 292 g/mol. The van der Waals surface area contributed by atoms with Crippen molar-refractivity contribution in [2.45, 2.75) is 40.0 Å². The van der Waals surface area contributed by atoms with Crippen LogP contribution in [0.15, 0.2) is 18.5 Å². The van der Waals surface area contributed by atoms with Crippen LogP contribution in [0.1, 0.15) is 17.3 Å². The first kappa shape index (κ1) is 14.1. The number of nitrogens with zero attached hydrogens (tertiary/aromatic N) is 7. The zero-order valence-corrected chi connectivity index (χ0v) is 13.4. The fourth-order valence-corrected chi connectivity index (χ4v) is 3.00. The average Bonchev–Trinajstić information content (AvgIpc) is 3.22. The van der Waals surface area contributed by atoms with Gasteiger partial charge in [-0.1, -0.05) is 0 Å². The number of aryl methyl sites for hydroxylation is 4. The highest BCUT2D eigenvalue weighted by atomic mass is 15.4. The van der Waals surface area contributed by atoms with Crippen molar-refractivity contribution in [1.29, 1.82) is 0 Å². The topological polar surface area (TPSA) is 78.4 Å². The number of hydrogen-bond donors (Lipinski definition) is 1. The number of nitrogens with one attached hydrogen (secondary N) is 1. The molecule has 1 aliphatic rings. The second kappa shape index (κ2) is 5.62. The van der Waals surface area contributed by atoms with Gasteiger partial charge in [0, 0.05) is 32.0 Å². The summed E-state index contributed by atoms with van der Waals surface area (Å²) in [6.45, 7) is 8.19. The molecule has 0 saturated carbocycles. The van der Waals surface area contributed by atoms with E-state index in [1.807, 2.05) is 30.9 Å². The van der Waals surface area contributed by atoms with Crippen LogP contribution in [-0.4, -0.2) is 40.6 Å². The summed E-state index contributed by atoms with van der Waals surface area (Å²) in [4.78, 5) is 8.83. The molecule has 8 nitrogen and oxygen atoms in total. The predicted octanol–water partition coefficient (Wildman–Crippen LogP) is 0.758. The molecule has 120 valence electrons. The van der Waals surface area contributed by atoms with E-state index in [0.717, 1.165) is 55.9 Å². The van der Waals surface area contributed by atoms with E-state index >= 15 is 0 Å². The molecule has 4 heterocycles. The third-order valence-corrected chi connectivity index (χ3v) is 4.13. The van der Waals surface area contributed by atoms with Gasteiger partial charge in [-0.3, -0.25) is 4.68 Å². The van der Waals surface area contributed by atoms with Gasteiger partial charge in [-0.15, -0.1) is 0 Å². The van der Waals surface area contributed by atoms with E-state index in [-0.39, 0.29) is 0 Å². The van der Waals surface area contributed by atoms with E-state index in [1.165, 1.54) is 5.69 Å². The molecule has 0 spiro atoms. The minimum atomic E-state index is 0.769. The normalized spacial score (nSPS) is 14.2. The summed E-state index contributed by atoms with van der Waals surface area (Å²) in [5.41, 5.74) is 2.14. The fourth-order valence-electron chi connectivity index (χ4n) is 3.00. The first-order valence-electron chi connectivity index (χ1n) is 7.88. The lowest BCUT2D eigenvalue weighted by molar-refractivity contribution is 0.475. The summed E-state index contributed by atoms with van der Waals surface area (Å²) in [6.07, 6.45) is 3.82. The second-order valence-electron chi connectivity index (χ2n) is 5.79. The molecule has 0 atom stereocenters. The lowest BCUT2D eigenvalue weighted by Gasteiger charge is -2.13. The van der Waals surface area contributed by atoms with Gasteiger partial charge < -0.3 is 9.88 Å². The number of imidazole rings is 1. The van der Waals surface area contributed by atoms with E-state index in [9.17, 15) is 0 Å². The monoisotopic (exact) mass is 312 g/mol. The van der Waals surface area contributed by atoms with Crippen molar-refractivity contribution in [1.82, 2.24) is 39.4 Å². The van der Waals surface area contributed by atoms with Crippen LogP contribution >= 0.6 is 0 Å². The standard InChI is InChI=1S/C15H20N8/c1-11-18-12(2)22(19-11)8-7-21-5-4-17-15(21)14-9-13-10-16-3-6-23(13)20-14/h4-5,9,16H,3,6-8,10H2,1-2H3. The molecule has 0 unspecified atom stereocenters. The third-order valence-electron chi connectivity index (χ3n) is 4.13. The smallest absolute Gasteiger partial charge is 0.160 e. The van der Waals surface area contributed by atoms with Gasteiger partial charge >= 0.3 is 0 Å². The Kier molecular flexibility index (Phi) is 3.45. The molecule has 4 rings (SSSR count). The van der Waals surface area contributed by atoms with Crippen molar-refractivity contribution in [2.24, 2.45) is 0 Å². The van der Waals surface area contributed by atoms with Crippen molar-refractivity contribution in [2.75, 3.05) is 6.54 Å². The van der Waals surface area contributed by atoms with Crippen molar-refractivity contribution in [3.8, 4) is 11.5 Å². The third kappa shape index (κ3) is 2.65. The Hall–Kier alpha value is -2.48. The predicted molar refractivity (Wildman–Crippen MR) is 84.7 cm³/mol. The van der Waals surface area contributed by atoms with Crippen LogP contribution in [-0.2, 0) is 26.2 Å². The molecule has 0 fully saturated rings. The van der Waals surface area contributed by atoms with Crippen molar-refractivity contribution < 1.29 is 0 Å². The molecule has 0 radical (unpaired) electrons. The van der Waals surface area contributed by atoms with E-state index in [2.05, 4.69) is 40.8 Å². The van der Waals surface area contributed by atoms with Crippen molar-refractivity contribution in [3.63, 3.8) is 0 Å². The highest BCUT2D eigenvalue weighted by Crippen LogP contribution is 2.19. The zero-order valence-electron chi connectivity index (χ0n) is 13.4. The molecule has 3 aromatic rings. The van der Waals surface area contributed by atoms with Crippen LogP contribution in [0.4, 0.5) is 0 Å². The van der Waals surface area contributed by atoms with Gasteiger partial charge in [0.25, 0.3) is 0 Å². The van der Waals surface area contributed by atoms with E-state index in [4.69, 9.17) is 0 Å². The minimum Gasteiger partial charge on any atom is -0.328 e. The first-order chi connectivity index (χ1) is 11.2. The van der Waals surface area contributed by atoms with Gasteiger partial charge in [-0.2, -0.15) is 10.2 Å². The van der Waals surface area contributed by atoms with Gasteiger partial charge in [0.15, 0.2) is 5.82 Å². The van der Waals surface area contributed by atoms with Crippen LogP contribution in [0.25, 0.3) is 11.5 Å². The molecule has 3 aromatic heterocycles. The summed E-state index contributed by atoms with van der Waals surface area (Å²) < 4.78 is 6.12. The highest BCUT2D eigenvalue weighted by Gasteiger charge is 2.16. The molecule has 0 bridgehead atoms. The quantitative estimate of drug-likeness (QED) is 0.769. The maximum absolute atomic E-state index is 4.69. The summed E-state index contributed by atoms with van der Waals surface area (Å²) >= 11 is 0. The number of aromatic nitrogens is 7. The lowest BCUT2D eigenvalue weighted by Crippen LogP contribution is -2.28. The molecule has 23 heavy (non-hydrogen) atoms. The molecule has 1 N–H and O–H groups in total. The van der Waals surface area contributed by atoms with Crippen molar-refractivity contribution >= 4 is 0 Å². The molecule has 0 saturated heterocycles.